The van der Waals surface area contributed by atoms with Crippen LogP contribution in [0.1, 0.15) is 38.3 Å². The van der Waals surface area contributed by atoms with Gasteiger partial charge in [-0.3, -0.25) is 9.10 Å². The predicted molar refractivity (Wildman–Crippen MR) is 95.2 cm³/mol. The molecule has 0 aliphatic carbocycles. The van der Waals surface area contributed by atoms with Crippen molar-refractivity contribution in [3.63, 3.8) is 0 Å². The number of hydrogen-bond donors (Lipinski definition) is 1. The Balaban J connectivity index is 3.05. The Kier molecular flexibility index (Phi) is 6.62. The van der Waals surface area contributed by atoms with Gasteiger partial charge in [0, 0.05) is 6.54 Å². The van der Waals surface area contributed by atoms with Gasteiger partial charge in [0.25, 0.3) is 0 Å². The van der Waals surface area contributed by atoms with Gasteiger partial charge in [0.2, 0.25) is 15.9 Å². The number of aryl methyl sites for hydroxylation is 2. The highest BCUT2D eigenvalue weighted by Crippen LogP contribution is 2.23. The van der Waals surface area contributed by atoms with Gasteiger partial charge < -0.3 is 5.32 Å². The second-order valence-corrected chi connectivity index (χ2v) is 8.41. The minimum atomic E-state index is -3.56. The zero-order valence-electron chi connectivity index (χ0n) is 14.9. The van der Waals surface area contributed by atoms with E-state index in [4.69, 9.17) is 0 Å². The zero-order chi connectivity index (χ0) is 17.8. The highest BCUT2D eigenvalue weighted by molar-refractivity contribution is 7.92. The van der Waals surface area contributed by atoms with Crippen LogP contribution in [0.5, 0.6) is 0 Å². The summed E-state index contributed by atoms with van der Waals surface area (Å²) in [4.78, 5) is 12.3. The van der Waals surface area contributed by atoms with E-state index in [-0.39, 0.29) is 5.91 Å². The Bertz CT molecular complexity index is 634. The van der Waals surface area contributed by atoms with Crippen molar-refractivity contribution < 1.29 is 13.2 Å². The lowest BCUT2D eigenvalue weighted by Crippen LogP contribution is -2.48. The molecule has 6 heteroatoms. The first-order chi connectivity index (χ1) is 10.5. The number of rotatable bonds is 7. The molecule has 1 atom stereocenters. The summed E-state index contributed by atoms with van der Waals surface area (Å²) in [7, 11) is -3.56. The molecule has 5 nitrogen and oxygen atoms in total. The Morgan fingerprint density at radius 3 is 2.09 bits per heavy atom. The van der Waals surface area contributed by atoms with E-state index in [1.54, 1.807) is 19.1 Å². The molecule has 0 radical (unpaired) electrons. The van der Waals surface area contributed by atoms with Crippen molar-refractivity contribution >= 4 is 21.6 Å². The van der Waals surface area contributed by atoms with Gasteiger partial charge in [-0.1, -0.05) is 19.9 Å². The van der Waals surface area contributed by atoms with Crippen molar-refractivity contribution in [2.45, 2.75) is 47.1 Å². The maximum absolute atomic E-state index is 12.3. The van der Waals surface area contributed by atoms with Crippen molar-refractivity contribution in [2.24, 2.45) is 5.92 Å². The number of hydrogen-bond acceptors (Lipinski definition) is 3. The molecule has 1 amide bonds. The molecule has 0 aromatic heterocycles. The maximum Gasteiger partial charge on any atom is 0.243 e. The molecule has 23 heavy (non-hydrogen) atoms. The number of nitrogens with one attached hydrogen (secondary N) is 1. The number of carbonyl (C=O) groups is 1. The largest absolute Gasteiger partial charge is 0.354 e. The first-order valence-electron chi connectivity index (χ1n) is 7.87. The molecule has 130 valence electrons. The van der Waals surface area contributed by atoms with Crippen LogP contribution in [-0.2, 0) is 14.8 Å². The first-order valence-corrected chi connectivity index (χ1v) is 9.72. The standard InChI is InChI=1S/C17H28N2O3S/c1-12(2)7-8-18-17(20)15(5)19(23(6,21)22)16-10-13(3)9-14(4)11-16/h9-12,15H,7-8H2,1-6H3,(H,18,20). The van der Waals surface area contributed by atoms with E-state index in [1.165, 1.54) is 4.31 Å². The molecule has 0 saturated heterocycles. The highest BCUT2D eigenvalue weighted by Gasteiger charge is 2.29. The minimum absolute atomic E-state index is 0.282. The van der Waals surface area contributed by atoms with Gasteiger partial charge in [-0.15, -0.1) is 0 Å². The number of nitrogens with zero attached hydrogens (tertiary/aromatic N) is 1. The van der Waals surface area contributed by atoms with Gasteiger partial charge in [-0.25, -0.2) is 8.42 Å². The lowest BCUT2D eigenvalue weighted by Gasteiger charge is -2.29. The lowest BCUT2D eigenvalue weighted by atomic mass is 10.1. The Labute approximate surface area is 140 Å². The quantitative estimate of drug-likeness (QED) is 0.830. The van der Waals surface area contributed by atoms with E-state index in [2.05, 4.69) is 19.2 Å². The van der Waals surface area contributed by atoms with Gasteiger partial charge in [-0.05, 0) is 56.4 Å². The Hall–Kier alpha value is -1.56. The van der Waals surface area contributed by atoms with Gasteiger partial charge in [0.15, 0.2) is 0 Å². The molecule has 1 rings (SSSR count). The minimum Gasteiger partial charge on any atom is -0.354 e. The van der Waals surface area contributed by atoms with Crippen LogP contribution < -0.4 is 9.62 Å². The van der Waals surface area contributed by atoms with E-state index in [9.17, 15) is 13.2 Å². The molecule has 0 saturated carbocycles. The van der Waals surface area contributed by atoms with E-state index >= 15 is 0 Å². The van der Waals surface area contributed by atoms with Crippen LogP contribution in [0.15, 0.2) is 18.2 Å². The summed E-state index contributed by atoms with van der Waals surface area (Å²) in [6.07, 6.45) is 1.99. The fourth-order valence-electron chi connectivity index (χ4n) is 2.52. The molecule has 1 aromatic carbocycles. The monoisotopic (exact) mass is 340 g/mol. The average Bonchev–Trinajstić information content (AvgIpc) is 2.35. The molecule has 0 fully saturated rings. The Morgan fingerprint density at radius 1 is 1.13 bits per heavy atom. The van der Waals surface area contributed by atoms with Crippen LogP contribution >= 0.6 is 0 Å². The lowest BCUT2D eigenvalue weighted by molar-refractivity contribution is -0.121. The second kappa shape index (κ2) is 7.81. The van der Waals surface area contributed by atoms with Crippen molar-refractivity contribution in [1.29, 1.82) is 0 Å². The van der Waals surface area contributed by atoms with Gasteiger partial charge >= 0.3 is 0 Å². The summed E-state index contributed by atoms with van der Waals surface area (Å²) in [6.45, 7) is 10.1. The number of carbonyl (C=O) groups excluding carboxylic acids is 1. The van der Waals surface area contributed by atoms with E-state index in [1.807, 2.05) is 19.9 Å². The van der Waals surface area contributed by atoms with Gasteiger partial charge in [0.1, 0.15) is 6.04 Å². The third-order valence-corrected chi connectivity index (χ3v) is 4.81. The normalized spacial score (nSPS) is 13.0. The fourth-order valence-corrected chi connectivity index (χ4v) is 3.68. The molecule has 0 aliphatic heterocycles. The van der Waals surface area contributed by atoms with Crippen LogP contribution in [0.4, 0.5) is 5.69 Å². The maximum atomic E-state index is 12.3. The van der Waals surface area contributed by atoms with Crippen LogP contribution in [0.25, 0.3) is 0 Å². The van der Waals surface area contributed by atoms with Crippen LogP contribution in [0.2, 0.25) is 0 Å². The molecule has 1 unspecified atom stereocenters. The third kappa shape index (κ3) is 5.86. The number of sulfonamides is 1. The summed E-state index contributed by atoms with van der Waals surface area (Å²) in [6, 6.07) is 4.74. The second-order valence-electron chi connectivity index (χ2n) is 6.55. The molecule has 1 aromatic rings. The van der Waals surface area contributed by atoms with Gasteiger partial charge in [0.05, 0.1) is 11.9 Å². The highest BCUT2D eigenvalue weighted by atomic mass is 32.2. The van der Waals surface area contributed by atoms with Crippen LogP contribution in [0, 0.1) is 19.8 Å². The molecule has 0 heterocycles. The van der Waals surface area contributed by atoms with E-state index in [0.29, 0.717) is 18.2 Å². The topological polar surface area (TPSA) is 66.5 Å². The predicted octanol–water partition coefficient (Wildman–Crippen LogP) is 2.62. The number of amides is 1. The third-order valence-electron chi connectivity index (χ3n) is 3.57. The van der Waals surface area contributed by atoms with Crippen molar-refractivity contribution in [2.75, 3.05) is 17.1 Å². The molecule has 0 bridgehead atoms. The van der Waals surface area contributed by atoms with E-state index < -0.39 is 16.1 Å². The van der Waals surface area contributed by atoms with Crippen molar-refractivity contribution in [3.05, 3.63) is 29.3 Å². The summed E-state index contributed by atoms with van der Waals surface area (Å²) >= 11 is 0. The molecule has 0 spiro atoms. The Morgan fingerprint density at radius 2 is 1.65 bits per heavy atom. The molecule has 1 N–H and O–H groups in total. The summed E-state index contributed by atoms with van der Waals surface area (Å²) in [5.41, 5.74) is 2.44. The average molecular weight is 340 g/mol. The molecular formula is C17H28N2O3S. The van der Waals surface area contributed by atoms with Gasteiger partial charge in [-0.2, -0.15) is 0 Å². The number of benzene rings is 1. The smallest absolute Gasteiger partial charge is 0.243 e. The van der Waals surface area contributed by atoms with Crippen LogP contribution in [0.3, 0.4) is 0 Å². The SMILES string of the molecule is Cc1cc(C)cc(N(C(C)C(=O)NCCC(C)C)S(C)(=O)=O)c1. The summed E-state index contributed by atoms with van der Waals surface area (Å²) in [5.74, 6) is 0.200. The van der Waals surface area contributed by atoms with E-state index in [0.717, 1.165) is 23.8 Å². The van der Waals surface area contributed by atoms with Crippen molar-refractivity contribution in [1.82, 2.24) is 5.32 Å². The van der Waals surface area contributed by atoms with Crippen molar-refractivity contribution in [3.8, 4) is 0 Å². The zero-order valence-corrected chi connectivity index (χ0v) is 15.7. The number of anilines is 1. The first kappa shape index (κ1) is 19.5. The fraction of sp³-hybridized carbons (Fsp3) is 0.588. The molecular weight excluding hydrogens is 312 g/mol. The molecule has 0 aliphatic rings. The van der Waals surface area contributed by atoms with Crippen LogP contribution in [-0.4, -0.2) is 33.2 Å². The summed E-state index contributed by atoms with van der Waals surface area (Å²) in [5, 5.41) is 2.82. The summed E-state index contributed by atoms with van der Waals surface area (Å²) < 4.78 is 25.6.